The lowest BCUT2D eigenvalue weighted by Crippen LogP contribution is -2.52. The SMILES string of the molecule is CN1CCN(C2CCN(c3nc(-c4ccc(NC(=O)Nc5ccncc5)cc4)nc(N4CC5CCC(C4)O5)n3)CC2)CC1. The van der Waals surface area contributed by atoms with Gasteiger partial charge in [0.25, 0.3) is 0 Å². The molecule has 2 bridgehead atoms. The van der Waals surface area contributed by atoms with Gasteiger partial charge in [-0.3, -0.25) is 9.88 Å². The molecule has 6 heterocycles. The molecule has 12 nitrogen and oxygen atoms in total. The maximum absolute atomic E-state index is 12.5. The highest BCUT2D eigenvalue weighted by Crippen LogP contribution is 2.31. The Balaban J connectivity index is 1.08. The largest absolute Gasteiger partial charge is 0.371 e. The van der Waals surface area contributed by atoms with E-state index in [0.29, 0.717) is 23.2 Å². The fourth-order valence-electron chi connectivity index (χ4n) is 6.59. The van der Waals surface area contributed by atoms with Crippen molar-refractivity contribution in [3.05, 3.63) is 48.8 Å². The van der Waals surface area contributed by atoms with E-state index in [9.17, 15) is 4.79 Å². The van der Waals surface area contributed by atoms with Gasteiger partial charge in [-0.15, -0.1) is 0 Å². The van der Waals surface area contributed by atoms with E-state index in [-0.39, 0.29) is 18.2 Å². The third-order valence-electron chi connectivity index (χ3n) is 9.08. The molecule has 43 heavy (non-hydrogen) atoms. The number of piperidine rings is 1. The molecule has 0 radical (unpaired) electrons. The molecule has 4 fully saturated rings. The number of aromatic nitrogens is 4. The number of likely N-dealkylation sites (N-methyl/N-ethyl adjacent to an activating group) is 1. The highest BCUT2D eigenvalue weighted by atomic mass is 16.5. The van der Waals surface area contributed by atoms with E-state index in [1.54, 1.807) is 24.5 Å². The lowest BCUT2D eigenvalue weighted by molar-refractivity contribution is 0.0299. The van der Waals surface area contributed by atoms with Gasteiger partial charge in [0.1, 0.15) is 0 Å². The molecule has 2 amide bonds. The second kappa shape index (κ2) is 12.4. The summed E-state index contributed by atoms with van der Waals surface area (Å²) in [6.07, 6.45) is 8.17. The number of piperazine rings is 1. The molecule has 4 saturated heterocycles. The number of nitrogens with zero attached hydrogens (tertiary/aromatic N) is 8. The number of morpholine rings is 1. The number of carbonyl (C=O) groups excluding carboxylic acids is 1. The Labute approximate surface area is 252 Å². The number of nitrogens with one attached hydrogen (secondary N) is 2. The Morgan fingerprint density at radius 1 is 0.744 bits per heavy atom. The average Bonchev–Trinajstić information content (AvgIpc) is 3.39. The van der Waals surface area contributed by atoms with Gasteiger partial charge in [-0.1, -0.05) is 0 Å². The van der Waals surface area contributed by atoms with E-state index in [4.69, 9.17) is 19.7 Å². The predicted molar refractivity (Wildman–Crippen MR) is 167 cm³/mol. The lowest BCUT2D eigenvalue weighted by atomic mass is 10.0. The van der Waals surface area contributed by atoms with Crippen molar-refractivity contribution in [2.75, 3.05) is 79.8 Å². The molecule has 2 N–H and O–H groups in total. The van der Waals surface area contributed by atoms with Gasteiger partial charge >= 0.3 is 6.03 Å². The van der Waals surface area contributed by atoms with Crippen LogP contribution in [-0.4, -0.2) is 113 Å². The van der Waals surface area contributed by atoms with Crippen LogP contribution in [-0.2, 0) is 4.74 Å². The molecule has 226 valence electrons. The van der Waals surface area contributed by atoms with Crippen LogP contribution in [0.3, 0.4) is 0 Å². The van der Waals surface area contributed by atoms with Crippen molar-refractivity contribution in [2.45, 2.75) is 43.9 Å². The molecule has 7 rings (SSSR count). The second-order valence-corrected chi connectivity index (χ2v) is 12.1. The number of amides is 2. The third-order valence-corrected chi connectivity index (χ3v) is 9.08. The summed E-state index contributed by atoms with van der Waals surface area (Å²) in [6.45, 7) is 8.07. The van der Waals surface area contributed by atoms with Crippen LogP contribution in [0.25, 0.3) is 11.4 Å². The van der Waals surface area contributed by atoms with Crippen molar-refractivity contribution in [1.82, 2.24) is 29.7 Å². The average molecular weight is 585 g/mol. The molecule has 0 aliphatic carbocycles. The number of ether oxygens (including phenoxy) is 1. The summed E-state index contributed by atoms with van der Waals surface area (Å²) < 4.78 is 6.10. The van der Waals surface area contributed by atoms with Gasteiger partial charge in [-0.2, -0.15) is 15.0 Å². The number of hydrogen-bond donors (Lipinski definition) is 2. The normalized spacial score (nSPS) is 23.4. The summed E-state index contributed by atoms with van der Waals surface area (Å²) in [5, 5.41) is 5.70. The molecule has 3 aromatic rings. The number of fused-ring (bicyclic) bond motifs is 2. The zero-order valence-electron chi connectivity index (χ0n) is 24.7. The Morgan fingerprint density at radius 2 is 1.35 bits per heavy atom. The topological polar surface area (TPSA) is 115 Å². The minimum atomic E-state index is -0.314. The Bertz CT molecular complexity index is 1380. The molecular weight excluding hydrogens is 544 g/mol. The molecule has 12 heteroatoms. The summed E-state index contributed by atoms with van der Waals surface area (Å²) in [7, 11) is 2.21. The van der Waals surface area contributed by atoms with Gasteiger partial charge in [-0.25, -0.2) is 4.79 Å². The van der Waals surface area contributed by atoms with Crippen molar-refractivity contribution >= 4 is 29.3 Å². The number of benzene rings is 1. The first-order valence-electron chi connectivity index (χ1n) is 15.5. The molecule has 0 saturated carbocycles. The first-order valence-corrected chi connectivity index (χ1v) is 15.5. The minimum Gasteiger partial charge on any atom is -0.371 e. The summed E-state index contributed by atoms with van der Waals surface area (Å²) in [5.74, 6) is 2.11. The number of carbonyl (C=O) groups is 1. The van der Waals surface area contributed by atoms with Crippen molar-refractivity contribution in [3.8, 4) is 11.4 Å². The first kappa shape index (κ1) is 27.9. The summed E-state index contributed by atoms with van der Waals surface area (Å²) in [4.78, 5) is 41.1. The van der Waals surface area contributed by atoms with E-state index >= 15 is 0 Å². The monoisotopic (exact) mass is 584 g/mol. The van der Waals surface area contributed by atoms with E-state index < -0.39 is 0 Å². The fraction of sp³-hybridized carbons (Fsp3) is 0.516. The maximum atomic E-state index is 12.5. The number of anilines is 4. The zero-order valence-corrected chi connectivity index (χ0v) is 24.7. The van der Waals surface area contributed by atoms with Crippen LogP contribution in [0.1, 0.15) is 25.7 Å². The molecule has 2 atom stereocenters. The fourth-order valence-corrected chi connectivity index (χ4v) is 6.59. The van der Waals surface area contributed by atoms with Crippen LogP contribution in [0.4, 0.5) is 28.1 Å². The molecule has 2 aromatic heterocycles. The van der Waals surface area contributed by atoms with Crippen molar-refractivity contribution in [3.63, 3.8) is 0 Å². The summed E-state index contributed by atoms with van der Waals surface area (Å²) in [5.41, 5.74) is 2.24. The first-order chi connectivity index (χ1) is 21.1. The van der Waals surface area contributed by atoms with Gasteiger partial charge in [0.2, 0.25) is 11.9 Å². The van der Waals surface area contributed by atoms with Crippen LogP contribution >= 0.6 is 0 Å². The summed E-state index contributed by atoms with van der Waals surface area (Å²) >= 11 is 0. The quantitative estimate of drug-likeness (QED) is 0.448. The van der Waals surface area contributed by atoms with Gasteiger partial charge in [0, 0.05) is 87.7 Å². The second-order valence-electron chi connectivity index (χ2n) is 12.1. The highest BCUT2D eigenvalue weighted by Gasteiger charge is 2.35. The molecule has 4 aliphatic heterocycles. The standard InChI is InChI=1S/C31H40N10O2/c1-38-16-18-39(19-17-38)25-10-14-40(15-11-25)29-35-28(36-30(37-29)41-20-26-6-7-27(21-41)43-26)22-2-4-23(5-3-22)33-31(42)34-24-8-12-32-13-9-24/h2-5,8-9,12-13,25-27H,6-7,10-11,14-21H2,1H3,(H2,32,33,34,42). The molecular formula is C31H40N10O2. The Hall–Kier alpha value is -3.87. The smallest absolute Gasteiger partial charge is 0.323 e. The van der Waals surface area contributed by atoms with E-state index in [0.717, 1.165) is 95.5 Å². The number of pyridine rings is 1. The van der Waals surface area contributed by atoms with E-state index in [1.807, 2.05) is 24.3 Å². The van der Waals surface area contributed by atoms with E-state index in [2.05, 4.69) is 42.3 Å². The van der Waals surface area contributed by atoms with Crippen molar-refractivity contribution in [1.29, 1.82) is 0 Å². The van der Waals surface area contributed by atoms with Crippen LogP contribution < -0.4 is 20.4 Å². The van der Waals surface area contributed by atoms with Crippen molar-refractivity contribution in [2.24, 2.45) is 0 Å². The van der Waals surface area contributed by atoms with E-state index in [1.165, 1.54) is 0 Å². The van der Waals surface area contributed by atoms with Crippen LogP contribution in [0.2, 0.25) is 0 Å². The van der Waals surface area contributed by atoms with Crippen molar-refractivity contribution < 1.29 is 9.53 Å². The number of hydrogen-bond acceptors (Lipinski definition) is 10. The number of urea groups is 1. The molecule has 2 unspecified atom stereocenters. The van der Waals surface area contributed by atoms with Gasteiger partial charge in [0.15, 0.2) is 5.82 Å². The highest BCUT2D eigenvalue weighted by molar-refractivity contribution is 5.99. The molecule has 1 aromatic carbocycles. The van der Waals surface area contributed by atoms with Gasteiger partial charge in [0.05, 0.1) is 12.2 Å². The van der Waals surface area contributed by atoms with Gasteiger partial charge < -0.3 is 30.1 Å². The Morgan fingerprint density at radius 3 is 2.00 bits per heavy atom. The Kier molecular flexibility index (Phi) is 8.05. The maximum Gasteiger partial charge on any atom is 0.323 e. The van der Waals surface area contributed by atoms with Crippen LogP contribution in [0.5, 0.6) is 0 Å². The molecule has 4 aliphatic rings. The minimum absolute atomic E-state index is 0.241. The third kappa shape index (κ3) is 6.56. The van der Waals surface area contributed by atoms with Crippen LogP contribution in [0, 0.1) is 0 Å². The van der Waals surface area contributed by atoms with Gasteiger partial charge in [-0.05, 0) is 69.1 Å². The lowest BCUT2D eigenvalue weighted by Gasteiger charge is -2.42. The number of rotatable bonds is 6. The zero-order chi connectivity index (χ0) is 29.2. The summed E-state index contributed by atoms with van der Waals surface area (Å²) in [6, 6.07) is 11.5. The van der Waals surface area contributed by atoms with Crippen LogP contribution in [0.15, 0.2) is 48.8 Å². The predicted octanol–water partition coefficient (Wildman–Crippen LogP) is 3.16. The molecule has 0 spiro atoms.